The molecule has 1 aliphatic rings. The summed E-state index contributed by atoms with van der Waals surface area (Å²) in [5, 5.41) is 2.68. The van der Waals surface area contributed by atoms with Crippen molar-refractivity contribution >= 4 is 23.1 Å². The fraction of sp³-hybridized carbons (Fsp3) is 0.429. The number of rotatable bonds is 3. The van der Waals surface area contributed by atoms with Crippen molar-refractivity contribution in [1.29, 1.82) is 0 Å². The highest BCUT2D eigenvalue weighted by molar-refractivity contribution is 5.99. The van der Waals surface area contributed by atoms with Crippen molar-refractivity contribution in [3.63, 3.8) is 0 Å². The zero-order valence-corrected chi connectivity index (χ0v) is 11.3. The molecule has 0 bridgehead atoms. The average Bonchev–Trinajstić information content (AvgIpc) is 2.86. The normalized spacial score (nSPS) is 18.4. The van der Waals surface area contributed by atoms with Gasteiger partial charge in [-0.2, -0.15) is 0 Å². The van der Waals surface area contributed by atoms with Gasteiger partial charge in [0, 0.05) is 30.5 Å². The van der Waals surface area contributed by atoms with Gasteiger partial charge in [0.25, 0.3) is 0 Å². The molecule has 0 radical (unpaired) electrons. The van der Waals surface area contributed by atoms with Crippen molar-refractivity contribution in [2.75, 3.05) is 24.2 Å². The number of carbonyl (C=O) groups is 2. The van der Waals surface area contributed by atoms with E-state index in [1.807, 2.05) is 11.0 Å². The number of amides is 1. The lowest BCUT2D eigenvalue weighted by atomic mass is 10.1. The zero-order chi connectivity index (χ0) is 14.0. The molecule has 1 unspecified atom stereocenters. The number of hydrogen-bond donors (Lipinski definition) is 2. The molecule has 0 saturated carbocycles. The van der Waals surface area contributed by atoms with Gasteiger partial charge in [-0.1, -0.05) is 0 Å². The van der Waals surface area contributed by atoms with E-state index in [1.54, 1.807) is 19.2 Å². The van der Waals surface area contributed by atoms with Gasteiger partial charge in [-0.05, 0) is 38.0 Å². The Morgan fingerprint density at radius 2 is 2.16 bits per heavy atom. The maximum Gasteiger partial charge on any atom is 0.242 e. The monoisotopic (exact) mass is 261 g/mol. The Hall–Kier alpha value is -2.04. The molecule has 1 aliphatic heterocycles. The second kappa shape index (κ2) is 5.30. The lowest BCUT2D eigenvalue weighted by molar-refractivity contribution is -0.121. The van der Waals surface area contributed by atoms with Crippen LogP contribution < -0.4 is 16.0 Å². The number of hydrogen-bond acceptors (Lipinski definition) is 4. The number of carbonyl (C=O) groups excluding carboxylic acids is 2. The minimum Gasteiger partial charge on any atom is -0.398 e. The van der Waals surface area contributed by atoms with Crippen LogP contribution in [0.2, 0.25) is 0 Å². The molecule has 3 N–H and O–H groups in total. The lowest BCUT2D eigenvalue weighted by Crippen LogP contribution is -2.42. The number of nitrogen functional groups attached to an aromatic ring is 1. The molecule has 1 atom stereocenters. The highest BCUT2D eigenvalue weighted by atomic mass is 16.2. The molecule has 5 heteroatoms. The van der Waals surface area contributed by atoms with Crippen molar-refractivity contribution in [2.24, 2.45) is 0 Å². The Morgan fingerprint density at radius 1 is 1.42 bits per heavy atom. The average molecular weight is 261 g/mol. The second-order valence-corrected chi connectivity index (χ2v) is 4.79. The van der Waals surface area contributed by atoms with E-state index in [0.717, 1.165) is 25.1 Å². The van der Waals surface area contributed by atoms with Gasteiger partial charge in [-0.15, -0.1) is 0 Å². The Kier molecular flexibility index (Phi) is 3.74. The van der Waals surface area contributed by atoms with E-state index >= 15 is 0 Å². The maximum atomic E-state index is 11.8. The third-order valence-corrected chi connectivity index (χ3v) is 3.55. The Bertz CT molecular complexity index is 513. The molecule has 1 fully saturated rings. The largest absolute Gasteiger partial charge is 0.398 e. The second-order valence-electron chi connectivity index (χ2n) is 4.79. The third kappa shape index (κ3) is 2.54. The Morgan fingerprint density at radius 3 is 2.74 bits per heavy atom. The Labute approximate surface area is 112 Å². The summed E-state index contributed by atoms with van der Waals surface area (Å²) in [6, 6.07) is 5.21. The van der Waals surface area contributed by atoms with Crippen LogP contribution in [0.5, 0.6) is 0 Å². The molecule has 1 heterocycles. The van der Waals surface area contributed by atoms with Crippen LogP contribution in [0.15, 0.2) is 18.2 Å². The number of Topliss-reactive ketones (excluding diaryl/α,β-unsaturated/α-hetero) is 1. The summed E-state index contributed by atoms with van der Waals surface area (Å²) in [7, 11) is 1.64. The van der Waals surface area contributed by atoms with Crippen molar-refractivity contribution in [1.82, 2.24) is 5.32 Å². The third-order valence-electron chi connectivity index (χ3n) is 3.55. The summed E-state index contributed by atoms with van der Waals surface area (Å²) in [5.74, 6) is -0.0277. The first-order chi connectivity index (χ1) is 9.04. The zero-order valence-electron chi connectivity index (χ0n) is 11.3. The van der Waals surface area contributed by atoms with E-state index in [2.05, 4.69) is 5.32 Å². The van der Waals surface area contributed by atoms with E-state index in [1.165, 1.54) is 6.92 Å². The molecule has 0 aromatic heterocycles. The fourth-order valence-corrected chi connectivity index (χ4v) is 2.56. The van der Waals surface area contributed by atoms with Crippen LogP contribution in [0.25, 0.3) is 0 Å². The Balaban J connectivity index is 2.29. The van der Waals surface area contributed by atoms with E-state index in [0.29, 0.717) is 11.3 Å². The number of nitrogens with one attached hydrogen (secondary N) is 1. The maximum absolute atomic E-state index is 11.8. The molecule has 1 amide bonds. The summed E-state index contributed by atoms with van der Waals surface area (Å²) in [4.78, 5) is 25.2. The summed E-state index contributed by atoms with van der Waals surface area (Å²) in [6.45, 7) is 2.32. The number of ketones is 1. The van der Waals surface area contributed by atoms with Crippen LogP contribution in [-0.4, -0.2) is 31.3 Å². The quantitative estimate of drug-likeness (QED) is 0.633. The summed E-state index contributed by atoms with van der Waals surface area (Å²) in [5.41, 5.74) is 7.79. The van der Waals surface area contributed by atoms with Gasteiger partial charge in [0.15, 0.2) is 5.78 Å². The van der Waals surface area contributed by atoms with Crippen LogP contribution in [0.4, 0.5) is 11.4 Å². The molecule has 1 saturated heterocycles. The van der Waals surface area contributed by atoms with Gasteiger partial charge in [0.2, 0.25) is 5.91 Å². The van der Waals surface area contributed by atoms with Gasteiger partial charge >= 0.3 is 0 Å². The van der Waals surface area contributed by atoms with Gasteiger partial charge in [0.1, 0.15) is 6.04 Å². The van der Waals surface area contributed by atoms with Gasteiger partial charge in [-0.3, -0.25) is 9.59 Å². The van der Waals surface area contributed by atoms with E-state index in [9.17, 15) is 9.59 Å². The molecule has 19 heavy (non-hydrogen) atoms. The minimum atomic E-state index is -0.146. The van der Waals surface area contributed by atoms with Crippen molar-refractivity contribution in [3.8, 4) is 0 Å². The standard InChI is InChI=1S/C14H19N3O2/c1-9(18)11-6-5-10(8-12(11)15)17-7-3-4-13(17)14(19)16-2/h5-6,8,13H,3-4,7,15H2,1-2H3,(H,16,19). The highest BCUT2D eigenvalue weighted by Gasteiger charge is 2.30. The first-order valence-electron chi connectivity index (χ1n) is 6.43. The molecule has 5 nitrogen and oxygen atoms in total. The van der Waals surface area contributed by atoms with Crippen LogP contribution >= 0.6 is 0 Å². The highest BCUT2D eigenvalue weighted by Crippen LogP contribution is 2.28. The number of likely N-dealkylation sites (N-methyl/N-ethyl adjacent to an activating group) is 1. The van der Waals surface area contributed by atoms with E-state index in [4.69, 9.17) is 5.73 Å². The topological polar surface area (TPSA) is 75.4 Å². The van der Waals surface area contributed by atoms with Crippen molar-refractivity contribution in [2.45, 2.75) is 25.8 Å². The van der Waals surface area contributed by atoms with Crippen LogP contribution in [0.3, 0.4) is 0 Å². The summed E-state index contributed by atoms with van der Waals surface area (Å²) < 4.78 is 0. The fourth-order valence-electron chi connectivity index (χ4n) is 2.56. The first-order valence-corrected chi connectivity index (χ1v) is 6.43. The van der Waals surface area contributed by atoms with E-state index < -0.39 is 0 Å². The van der Waals surface area contributed by atoms with Crippen molar-refractivity contribution < 1.29 is 9.59 Å². The predicted molar refractivity (Wildman–Crippen MR) is 75.3 cm³/mol. The summed E-state index contributed by atoms with van der Waals surface area (Å²) in [6.07, 6.45) is 1.82. The molecule has 2 rings (SSSR count). The smallest absolute Gasteiger partial charge is 0.242 e. The molecule has 102 valence electrons. The molecule has 1 aromatic carbocycles. The number of benzene rings is 1. The van der Waals surface area contributed by atoms with Gasteiger partial charge in [-0.25, -0.2) is 0 Å². The molecular formula is C14H19N3O2. The van der Waals surface area contributed by atoms with Crippen LogP contribution in [0.1, 0.15) is 30.1 Å². The summed E-state index contributed by atoms with van der Waals surface area (Å²) >= 11 is 0. The van der Waals surface area contributed by atoms with Gasteiger partial charge in [0.05, 0.1) is 0 Å². The molecular weight excluding hydrogens is 242 g/mol. The molecule has 0 aliphatic carbocycles. The lowest BCUT2D eigenvalue weighted by Gasteiger charge is -2.26. The number of nitrogens with zero attached hydrogens (tertiary/aromatic N) is 1. The van der Waals surface area contributed by atoms with Gasteiger partial charge < -0.3 is 16.0 Å². The molecule has 0 spiro atoms. The number of anilines is 2. The first kappa shape index (κ1) is 13.4. The molecule has 1 aromatic rings. The predicted octanol–water partition coefficient (Wildman–Crippen LogP) is 1.19. The van der Waals surface area contributed by atoms with Crippen LogP contribution in [0, 0.1) is 0 Å². The van der Waals surface area contributed by atoms with E-state index in [-0.39, 0.29) is 17.7 Å². The number of nitrogens with two attached hydrogens (primary N) is 1. The van der Waals surface area contributed by atoms with Crippen molar-refractivity contribution in [3.05, 3.63) is 23.8 Å². The minimum absolute atomic E-state index is 0.0201. The SMILES string of the molecule is CNC(=O)C1CCCN1c1ccc(C(C)=O)c(N)c1. The van der Waals surface area contributed by atoms with Crippen LogP contribution in [-0.2, 0) is 4.79 Å².